The molecule has 0 heterocycles. The van der Waals surface area contributed by atoms with Gasteiger partial charge in [0.15, 0.2) is 0 Å². The minimum absolute atomic E-state index is 0.184. The Labute approximate surface area is 88.0 Å². The number of rotatable bonds is 1. The molecule has 1 rings (SSSR count). The lowest BCUT2D eigenvalue weighted by atomic mass is 10.0. The van der Waals surface area contributed by atoms with Gasteiger partial charge in [0.2, 0.25) is 0 Å². The van der Waals surface area contributed by atoms with Crippen molar-refractivity contribution in [3.05, 3.63) is 34.9 Å². The zero-order valence-electron chi connectivity index (χ0n) is 8.24. The second-order valence-electron chi connectivity index (χ2n) is 2.96. The van der Waals surface area contributed by atoms with E-state index >= 15 is 0 Å². The Balaban J connectivity index is 3.00. The van der Waals surface area contributed by atoms with E-state index in [0.717, 1.165) is 5.56 Å². The Kier molecular flexibility index (Phi) is 3.49. The number of hydrogen-bond acceptors (Lipinski definition) is 2. The monoisotopic (exact) mass is 199 g/mol. The molecular formula is C12H9NO2. The van der Waals surface area contributed by atoms with Crippen LogP contribution in [-0.4, -0.2) is 11.1 Å². The van der Waals surface area contributed by atoms with Gasteiger partial charge >= 0.3 is 5.97 Å². The summed E-state index contributed by atoms with van der Waals surface area (Å²) in [5.41, 5.74) is 2.06. The van der Waals surface area contributed by atoms with E-state index in [-0.39, 0.29) is 6.42 Å². The third-order valence-corrected chi connectivity index (χ3v) is 1.92. The lowest BCUT2D eigenvalue weighted by molar-refractivity contribution is -0.135. The third kappa shape index (κ3) is 2.86. The van der Waals surface area contributed by atoms with E-state index in [1.54, 1.807) is 25.1 Å². The smallest absolute Gasteiger partial charge is 0.315 e. The van der Waals surface area contributed by atoms with Gasteiger partial charge in [-0.2, -0.15) is 5.26 Å². The van der Waals surface area contributed by atoms with Gasteiger partial charge in [-0.3, -0.25) is 4.79 Å². The summed E-state index contributed by atoms with van der Waals surface area (Å²) >= 11 is 0. The maximum Gasteiger partial charge on any atom is 0.315 e. The van der Waals surface area contributed by atoms with E-state index in [4.69, 9.17) is 10.4 Å². The molecule has 0 aliphatic rings. The topological polar surface area (TPSA) is 61.1 Å². The molecule has 1 aromatic carbocycles. The first-order valence-corrected chi connectivity index (χ1v) is 4.35. The number of hydrogen-bond donors (Lipinski definition) is 1. The van der Waals surface area contributed by atoms with Gasteiger partial charge in [-0.05, 0) is 24.6 Å². The molecule has 0 radical (unpaired) electrons. The summed E-state index contributed by atoms with van der Waals surface area (Å²) in [6.07, 6.45) is -0.184. The van der Waals surface area contributed by atoms with Crippen LogP contribution in [0.15, 0.2) is 18.2 Å². The first kappa shape index (κ1) is 10.8. The molecule has 0 aliphatic carbocycles. The van der Waals surface area contributed by atoms with Gasteiger partial charge in [-0.1, -0.05) is 17.9 Å². The first-order chi connectivity index (χ1) is 7.15. The zero-order valence-corrected chi connectivity index (χ0v) is 8.24. The van der Waals surface area contributed by atoms with Crippen molar-refractivity contribution in [1.29, 1.82) is 5.26 Å². The Bertz CT molecular complexity index is 487. The van der Waals surface area contributed by atoms with Crippen molar-refractivity contribution in [2.75, 3.05) is 0 Å². The predicted octanol–water partition coefficient (Wildman–Crippen LogP) is 1.69. The van der Waals surface area contributed by atoms with Gasteiger partial charge in [0, 0.05) is 5.56 Å². The van der Waals surface area contributed by atoms with Crippen LogP contribution >= 0.6 is 0 Å². The van der Waals surface area contributed by atoms with Crippen molar-refractivity contribution in [3.8, 4) is 17.9 Å². The number of nitriles is 1. The Morgan fingerprint density at radius 2 is 2.13 bits per heavy atom. The van der Waals surface area contributed by atoms with Crippen LogP contribution in [0.3, 0.4) is 0 Å². The highest BCUT2D eigenvalue weighted by atomic mass is 16.4. The summed E-state index contributed by atoms with van der Waals surface area (Å²) in [5.74, 6) is 4.32. The van der Waals surface area contributed by atoms with E-state index in [9.17, 15) is 4.79 Å². The lowest BCUT2D eigenvalue weighted by Crippen LogP contribution is -1.91. The van der Waals surface area contributed by atoms with Crippen LogP contribution in [0, 0.1) is 30.1 Å². The van der Waals surface area contributed by atoms with Crippen molar-refractivity contribution in [3.63, 3.8) is 0 Å². The first-order valence-electron chi connectivity index (χ1n) is 4.35. The molecule has 3 heteroatoms. The van der Waals surface area contributed by atoms with Crippen molar-refractivity contribution < 1.29 is 9.90 Å². The second-order valence-corrected chi connectivity index (χ2v) is 2.96. The fraction of sp³-hybridized carbons (Fsp3) is 0.167. The summed E-state index contributed by atoms with van der Waals surface area (Å²) in [6.45, 7) is 1.79. The van der Waals surface area contributed by atoms with Crippen LogP contribution in [0.5, 0.6) is 0 Å². The Morgan fingerprint density at radius 3 is 2.73 bits per heavy atom. The maximum atomic E-state index is 10.2. The van der Waals surface area contributed by atoms with E-state index in [1.165, 1.54) is 0 Å². The molecule has 74 valence electrons. The van der Waals surface area contributed by atoms with Gasteiger partial charge in [0.25, 0.3) is 0 Å². The fourth-order valence-electron chi connectivity index (χ4n) is 1.11. The molecule has 0 unspecified atom stereocenters. The molecule has 0 amide bonds. The number of benzene rings is 1. The molecule has 0 saturated heterocycles. The van der Waals surface area contributed by atoms with E-state index in [2.05, 4.69) is 17.9 Å². The second kappa shape index (κ2) is 4.83. The summed E-state index contributed by atoms with van der Waals surface area (Å²) in [7, 11) is 0. The average molecular weight is 199 g/mol. The molecule has 3 nitrogen and oxygen atoms in total. The Morgan fingerprint density at radius 1 is 1.47 bits per heavy atom. The quantitative estimate of drug-likeness (QED) is 0.700. The van der Waals surface area contributed by atoms with Gasteiger partial charge in [-0.15, -0.1) is 0 Å². The summed E-state index contributed by atoms with van der Waals surface area (Å²) in [5, 5.41) is 17.2. The molecule has 1 aromatic rings. The zero-order chi connectivity index (χ0) is 11.3. The molecule has 0 saturated carbocycles. The third-order valence-electron chi connectivity index (χ3n) is 1.92. The number of nitrogens with zero attached hydrogens (tertiary/aromatic N) is 1. The van der Waals surface area contributed by atoms with Crippen molar-refractivity contribution in [1.82, 2.24) is 0 Å². The summed E-state index contributed by atoms with van der Waals surface area (Å²) < 4.78 is 0. The normalized spacial score (nSPS) is 8.53. The molecule has 0 aromatic heterocycles. The Hall–Kier alpha value is -2.26. The molecule has 0 fully saturated rings. The highest BCUT2D eigenvalue weighted by Crippen LogP contribution is 2.11. The van der Waals surface area contributed by atoms with E-state index in [0.29, 0.717) is 11.1 Å². The van der Waals surface area contributed by atoms with Gasteiger partial charge in [-0.25, -0.2) is 0 Å². The minimum atomic E-state index is -0.948. The summed E-state index contributed by atoms with van der Waals surface area (Å²) in [4.78, 5) is 10.2. The van der Waals surface area contributed by atoms with Gasteiger partial charge in [0.05, 0.1) is 11.6 Å². The van der Waals surface area contributed by atoms with Gasteiger partial charge < -0.3 is 5.11 Å². The van der Waals surface area contributed by atoms with Crippen molar-refractivity contribution >= 4 is 5.97 Å². The van der Waals surface area contributed by atoms with Crippen molar-refractivity contribution in [2.45, 2.75) is 13.3 Å². The van der Waals surface area contributed by atoms with E-state index in [1.807, 2.05) is 0 Å². The van der Waals surface area contributed by atoms with Crippen molar-refractivity contribution in [2.24, 2.45) is 0 Å². The molecule has 1 N–H and O–H groups in total. The minimum Gasteiger partial charge on any atom is -0.481 e. The van der Waals surface area contributed by atoms with Crippen LogP contribution in [-0.2, 0) is 4.79 Å². The predicted molar refractivity (Wildman–Crippen MR) is 55.0 cm³/mol. The average Bonchev–Trinajstić information content (AvgIpc) is 2.20. The lowest BCUT2D eigenvalue weighted by Gasteiger charge is -1.98. The van der Waals surface area contributed by atoms with Crippen LogP contribution in [0.25, 0.3) is 0 Å². The molecular weight excluding hydrogens is 190 g/mol. The SMILES string of the molecule is Cc1c(C#N)cccc1C#CCC(=O)O. The molecule has 15 heavy (non-hydrogen) atoms. The molecule has 0 atom stereocenters. The van der Waals surface area contributed by atoms with Crippen LogP contribution in [0.2, 0.25) is 0 Å². The highest BCUT2D eigenvalue weighted by Gasteiger charge is 2.00. The molecule has 0 spiro atoms. The number of carbonyl (C=O) groups is 1. The fourth-order valence-corrected chi connectivity index (χ4v) is 1.11. The van der Waals surface area contributed by atoms with E-state index < -0.39 is 5.97 Å². The molecule has 0 bridgehead atoms. The number of carboxylic acid groups (broad SMARTS) is 1. The van der Waals surface area contributed by atoms with Crippen LogP contribution < -0.4 is 0 Å². The maximum absolute atomic E-state index is 10.2. The molecule has 0 aliphatic heterocycles. The summed E-state index contributed by atoms with van der Waals surface area (Å²) in [6, 6.07) is 7.26. The van der Waals surface area contributed by atoms with Crippen LogP contribution in [0.1, 0.15) is 23.1 Å². The number of carboxylic acids is 1. The van der Waals surface area contributed by atoms with Gasteiger partial charge in [0.1, 0.15) is 6.42 Å². The number of aliphatic carboxylic acids is 1. The highest BCUT2D eigenvalue weighted by molar-refractivity contribution is 5.70. The van der Waals surface area contributed by atoms with Crippen LogP contribution in [0.4, 0.5) is 0 Å². The largest absolute Gasteiger partial charge is 0.481 e. The standard InChI is InChI=1S/C12H9NO2/c1-9-10(5-3-7-12(14)15)4-2-6-11(9)8-13/h2,4,6H,7H2,1H3,(H,14,15).